The van der Waals surface area contributed by atoms with Crippen molar-refractivity contribution in [3.05, 3.63) is 17.5 Å². The Morgan fingerprint density at radius 3 is 3.00 bits per heavy atom. The van der Waals surface area contributed by atoms with Crippen LogP contribution in [0.15, 0.2) is 6.20 Å². The fourth-order valence-corrected chi connectivity index (χ4v) is 2.14. The van der Waals surface area contributed by atoms with Crippen molar-refractivity contribution in [2.75, 3.05) is 31.2 Å². The van der Waals surface area contributed by atoms with E-state index in [9.17, 15) is 4.79 Å². The Balaban J connectivity index is 1.93. The topological polar surface area (TPSA) is 67.4 Å². The fraction of sp³-hybridized carbons (Fsp3) is 0.545. The maximum atomic E-state index is 11.7. The monoisotopic (exact) mass is 234 g/mol. The third kappa shape index (κ3) is 1.74. The summed E-state index contributed by atoms with van der Waals surface area (Å²) in [6.07, 6.45) is 1.75. The molecule has 0 saturated carbocycles. The van der Waals surface area contributed by atoms with Crippen molar-refractivity contribution >= 4 is 11.9 Å². The zero-order chi connectivity index (χ0) is 11.8. The molecule has 6 nitrogen and oxygen atoms in total. The largest absolute Gasteiger partial charge is 0.378 e. The average Bonchev–Trinajstić information content (AvgIpc) is 2.66. The zero-order valence-corrected chi connectivity index (χ0v) is 9.64. The lowest BCUT2D eigenvalue weighted by atomic mass is 10.2. The molecular weight excluding hydrogens is 220 g/mol. The minimum absolute atomic E-state index is 0.0104. The number of nitrogens with one attached hydrogen (secondary N) is 1. The molecule has 3 heterocycles. The summed E-state index contributed by atoms with van der Waals surface area (Å²) in [5, 5.41) is 2.83. The van der Waals surface area contributed by atoms with Crippen LogP contribution in [-0.2, 0) is 4.74 Å². The highest BCUT2D eigenvalue weighted by Crippen LogP contribution is 2.24. The number of ether oxygens (including phenoxy) is 1. The lowest BCUT2D eigenvalue weighted by Gasteiger charge is -2.26. The summed E-state index contributed by atoms with van der Waals surface area (Å²) in [6.45, 7) is 4.85. The normalized spacial score (nSPS) is 23.5. The summed E-state index contributed by atoms with van der Waals surface area (Å²) in [6, 6.07) is 0.0104. The second-order valence-corrected chi connectivity index (χ2v) is 4.27. The number of carbonyl (C=O) groups excluding carboxylic acids is 1. The Morgan fingerprint density at radius 1 is 1.47 bits per heavy atom. The van der Waals surface area contributed by atoms with E-state index < -0.39 is 0 Å². The van der Waals surface area contributed by atoms with Gasteiger partial charge in [-0.1, -0.05) is 0 Å². The van der Waals surface area contributed by atoms with Crippen LogP contribution in [0, 0.1) is 0 Å². The molecule has 1 amide bonds. The molecule has 0 unspecified atom stereocenters. The van der Waals surface area contributed by atoms with E-state index in [1.165, 1.54) is 0 Å². The summed E-state index contributed by atoms with van der Waals surface area (Å²) in [5.41, 5.74) is 1.39. The molecule has 2 aliphatic heterocycles. The van der Waals surface area contributed by atoms with E-state index in [1.807, 2.05) is 11.8 Å². The Kier molecular flexibility index (Phi) is 2.44. The van der Waals surface area contributed by atoms with Gasteiger partial charge < -0.3 is 15.0 Å². The van der Waals surface area contributed by atoms with Crippen molar-refractivity contribution in [3.8, 4) is 0 Å². The van der Waals surface area contributed by atoms with Crippen LogP contribution in [0.1, 0.15) is 29.0 Å². The fourth-order valence-electron chi connectivity index (χ4n) is 2.14. The Hall–Kier alpha value is -1.69. The molecule has 0 aliphatic carbocycles. The number of morpholine rings is 1. The molecule has 1 aromatic rings. The Labute approximate surface area is 99.0 Å². The molecule has 90 valence electrons. The number of anilines is 1. The lowest BCUT2D eigenvalue weighted by Crippen LogP contribution is -2.37. The van der Waals surface area contributed by atoms with Gasteiger partial charge in [0.1, 0.15) is 5.69 Å². The number of aromatic nitrogens is 2. The average molecular weight is 234 g/mol. The van der Waals surface area contributed by atoms with Crippen LogP contribution >= 0.6 is 0 Å². The lowest BCUT2D eigenvalue weighted by molar-refractivity contribution is 0.0954. The molecule has 17 heavy (non-hydrogen) atoms. The molecule has 1 aromatic heterocycles. The van der Waals surface area contributed by atoms with Gasteiger partial charge in [0.05, 0.1) is 19.3 Å². The van der Waals surface area contributed by atoms with E-state index in [0.29, 0.717) is 24.9 Å². The number of amides is 1. The quantitative estimate of drug-likeness (QED) is 0.747. The molecule has 1 atom stereocenters. The second kappa shape index (κ2) is 3.96. The van der Waals surface area contributed by atoms with Crippen molar-refractivity contribution in [1.82, 2.24) is 15.3 Å². The minimum atomic E-state index is -0.107. The smallest absolute Gasteiger partial charge is 0.270 e. The molecule has 2 aliphatic rings. The van der Waals surface area contributed by atoms with Gasteiger partial charge in [-0.05, 0) is 6.92 Å². The summed E-state index contributed by atoms with van der Waals surface area (Å²) in [5.74, 6) is 0.515. The first-order valence-corrected chi connectivity index (χ1v) is 5.76. The van der Waals surface area contributed by atoms with Crippen molar-refractivity contribution < 1.29 is 9.53 Å². The minimum Gasteiger partial charge on any atom is -0.378 e. The predicted octanol–water partition coefficient (Wildman–Crippen LogP) is 0.118. The molecular formula is C11H14N4O2. The van der Waals surface area contributed by atoms with E-state index in [-0.39, 0.29) is 11.9 Å². The molecule has 1 saturated heterocycles. The second-order valence-electron chi connectivity index (χ2n) is 4.27. The first-order chi connectivity index (χ1) is 8.25. The molecule has 3 rings (SSSR count). The van der Waals surface area contributed by atoms with E-state index in [1.54, 1.807) is 6.20 Å². The first-order valence-electron chi connectivity index (χ1n) is 5.76. The molecule has 6 heteroatoms. The number of fused-ring (bicyclic) bond motifs is 1. The van der Waals surface area contributed by atoms with Crippen LogP contribution in [0.5, 0.6) is 0 Å². The summed E-state index contributed by atoms with van der Waals surface area (Å²) in [7, 11) is 0. The highest BCUT2D eigenvalue weighted by molar-refractivity contribution is 5.97. The van der Waals surface area contributed by atoms with Crippen LogP contribution in [-0.4, -0.2) is 42.2 Å². The SMILES string of the molecule is C[C@H]1NC(=O)c2nc(N3CCOCC3)ncc21. The first kappa shape index (κ1) is 10.5. The summed E-state index contributed by atoms with van der Waals surface area (Å²) in [4.78, 5) is 22.4. The van der Waals surface area contributed by atoms with Gasteiger partial charge in [0.15, 0.2) is 0 Å². The van der Waals surface area contributed by atoms with E-state index in [0.717, 1.165) is 18.7 Å². The van der Waals surface area contributed by atoms with Gasteiger partial charge in [0.25, 0.3) is 5.91 Å². The van der Waals surface area contributed by atoms with Crippen molar-refractivity contribution in [3.63, 3.8) is 0 Å². The Morgan fingerprint density at radius 2 is 2.24 bits per heavy atom. The highest BCUT2D eigenvalue weighted by atomic mass is 16.5. The molecule has 1 N–H and O–H groups in total. The van der Waals surface area contributed by atoms with E-state index >= 15 is 0 Å². The third-order valence-electron chi connectivity index (χ3n) is 3.13. The predicted molar refractivity (Wildman–Crippen MR) is 60.9 cm³/mol. The van der Waals surface area contributed by atoms with Gasteiger partial charge in [0, 0.05) is 24.8 Å². The van der Waals surface area contributed by atoms with Gasteiger partial charge in [-0.15, -0.1) is 0 Å². The molecule has 0 radical (unpaired) electrons. The number of carbonyl (C=O) groups is 1. The maximum absolute atomic E-state index is 11.7. The summed E-state index contributed by atoms with van der Waals surface area (Å²) < 4.78 is 5.28. The zero-order valence-electron chi connectivity index (χ0n) is 9.64. The third-order valence-corrected chi connectivity index (χ3v) is 3.13. The van der Waals surface area contributed by atoms with Gasteiger partial charge in [-0.25, -0.2) is 9.97 Å². The number of rotatable bonds is 1. The van der Waals surface area contributed by atoms with Gasteiger partial charge in [0.2, 0.25) is 5.95 Å². The number of hydrogen-bond acceptors (Lipinski definition) is 5. The Bertz CT molecular complexity index is 457. The van der Waals surface area contributed by atoms with Crippen molar-refractivity contribution in [2.45, 2.75) is 13.0 Å². The van der Waals surface area contributed by atoms with Crippen molar-refractivity contribution in [2.24, 2.45) is 0 Å². The van der Waals surface area contributed by atoms with E-state index in [2.05, 4.69) is 15.3 Å². The highest BCUT2D eigenvalue weighted by Gasteiger charge is 2.28. The van der Waals surface area contributed by atoms with Crippen LogP contribution in [0.4, 0.5) is 5.95 Å². The van der Waals surface area contributed by atoms with Crippen LogP contribution in [0.3, 0.4) is 0 Å². The van der Waals surface area contributed by atoms with Crippen LogP contribution < -0.4 is 10.2 Å². The van der Waals surface area contributed by atoms with Gasteiger partial charge in [-0.2, -0.15) is 0 Å². The van der Waals surface area contributed by atoms with Crippen molar-refractivity contribution in [1.29, 1.82) is 0 Å². The van der Waals surface area contributed by atoms with Gasteiger partial charge >= 0.3 is 0 Å². The maximum Gasteiger partial charge on any atom is 0.270 e. The number of nitrogens with zero attached hydrogens (tertiary/aromatic N) is 3. The van der Waals surface area contributed by atoms with Crippen LogP contribution in [0.2, 0.25) is 0 Å². The molecule has 0 aromatic carbocycles. The standard InChI is InChI=1S/C11H14N4O2/c1-7-8-6-12-11(14-9(8)10(16)13-7)15-2-4-17-5-3-15/h6-7H,2-5H2,1H3,(H,13,16)/t7-/m1/s1. The molecule has 1 fully saturated rings. The summed E-state index contributed by atoms with van der Waals surface area (Å²) >= 11 is 0. The molecule has 0 spiro atoms. The van der Waals surface area contributed by atoms with Gasteiger partial charge in [-0.3, -0.25) is 4.79 Å². The number of hydrogen-bond donors (Lipinski definition) is 1. The molecule has 0 bridgehead atoms. The van der Waals surface area contributed by atoms with Crippen LogP contribution in [0.25, 0.3) is 0 Å². The van der Waals surface area contributed by atoms with E-state index in [4.69, 9.17) is 4.74 Å².